The van der Waals surface area contributed by atoms with Crippen LogP contribution < -0.4 is 4.72 Å². The molecule has 1 aromatic carbocycles. The molecule has 1 radical (unpaired) electrons. The van der Waals surface area contributed by atoms with Crippen molar-refractivity contribution >= 4 is 10.0 Å². The second kappa shape index (κ2) is 20.0. The Balaban J connectivity index is -0.0000000902. The van der Waals surface area contributed by atoms with E-state index >= 15 is 0 Å². The fourth-order valence-electron chi connectivity index (χ4n) is 1.92. The van der Waals surface area contributed by atoms with Gasteiger partial charge in [-0.2, -0.15) is 0 Å². The first-order valence-electron chi connectivity index (χ1n) is 5.93. The Morgan fingerprint density at radius 3 is 1.92 bits per heavy atom. The first-order valence-corrected chi connectivity index (χ1v) is 7.41. The molecule has 0 saturated carbocycles. The summed E-state index contributed by atoms with van der Waals surface area (Å²) < 4.78 is 26.7. The average molecular weight is 565 g/mol. The van der Waals surface area contributed by atoms with Crippen molar-refractivity contribution < 1.29 is 52.5 Å². The van der Waals surface area contributed by atoms with E-state index in [4.69, 9.17) is 0 Å². The Labute approximate surface area is 189 Å². The van der Waals surface area contributed by atoms with E-state index in [2.05, 4.69) is 10.0 Å². The van der Waals surface area contributed by atoms with Crippen LogP contribution in [0.2, 0.25) is 0 Å². The van der Waals surface area contributed by atoms with Crippen LogP contribution in [0.3, 0.4) is 0 Å². The summed E-state index contributed by atoms with van der Waals surface area (Å²) in [6.45, 7) is 2.48. The zero-order chi connectivity index (χ0) is 13.2. The van der Waals surface area contributed by atoms with E-state index < -0.39 is 22.3 Å². The first-order chi connectivity index (χ1) is 8.49. The van der Waals surface area contributed by atoms with Crippen LogP contribution in [-0.2, 0) is 49.0 Å². The van der Waals surface area contributed by atoms with E-state index in [9.17, 15) is 13.5 Å². The van der Waals surface area contributed by atoms with Gasteiger partial charge in [0.15, 0.2) is 0 Å². The van der Waals surface area contributed by atoms with Crippen molar-refractivity contribution in [2.45, 2.75) is 36.9 Å². The van der Waals surface area contributed by atoms with Gasteiger partial charge in [0.05, 0.1) is 4.90 Å². The number of rotatable bonds is 3. The second-order valence-corrected chi connectivity index (χ2v) is 6.22. The quantitative estimate of drug-likeness (QED) is 0.432. The van der Waals surface area contributed by atoms with Gasteiger partial charge in [0.2, 0.25) is 10.0 Å². The smallest absolute Gasteiger partial charge is 0.635 e. The van der Waals surface area contributed by atoms with E-state index in [0.29, 0.717) is 13.0 Å². The van der Waals surface area contributed by atoms with Gasteiger partial charge in [-0.25, -0.2) is 13.1 Å². The molecule has 5 nitrogen and oxygen atoms in total. The van der Waals surface area contributed by atoms with Crippen LogP contribution in [0.1, 0.15) is 18.4 Å². The molecule has 8 heteroatoms. The number of hydrogen-bond acceptors (Lipinski definition) is 3. The first kappa shape index (κ1) is 45.2. The molecule has 163 valence electrons. The van der Waals surface area contributed by atoms with E-state index in [-0.39, 0.29) is 88.4 Å². The van der Waals surface area contributed by atoms with Crippen molar-refractivity contribution in [3.8, 4) is 0 Å². The van der Waals surface area contributed by atoms with Gasteiger partial charge in [0.1, 0.15) is 0 Å². The average Bonchev–Trinajstić information content (AvgIpc) is 2.32. The Morgan fingerprint density at radius 1 is 1.04 bits per heavy atom. The molecular formula is C18H35N2O3Rh2S-4. The summed E-state index contributed by atoms with van der Waals surface area (Å²) in [5.41, 5.74) is 1.00. The predicted molar refractivity (Wildman–Crippen MR) is 107 cm³/mol. The summed E-state index contributed by atoms with van der Waals surface area (Å²) >= 11 is 0. The molecule has 2 atom stereocenters. The maximum absolute atomic E-state index is 12.1. The molecule has 26 heavy (non-hydrogen) atoms. The number of aliphatic hydroxyl groups excluding tert-OH is 1. The van der Waals surface area contributed by atoms with E-state index in [1.807, 2.05) is 6.92 Å². The largest absolute Gasteiger partial charge is 3.00 e. The summed E-state index contributed by atoms with van der Waals surface area (Å²) in [5.74, 6) is 0. The SMILES string of the molecule is Cc1ccc(S(=O)(=O)N[C@@H]2CCC[N-]C2O)cc1.[CH3-].[CH3-].[CH3-].[CH3-].[CH3-].[CH3-].[Rh+3].[Rh]. The molecule has 1 fully saturated rings. The molecule has 1 aliphatic rings. The molecule has 0 bridgehead atoms. The summed E-state index contributed by atoms with van der Waals surface area (Å²) in [5, 5.41) is 13.6. The number of nitrogens with one attached hydrogen (secondary N) is 1. The Hall–Kier alpha value is 0.297. The van der Waals surface area contributed by atoms with Crippen LogP contribution in [-0.4, -0.2) is 32.3 Å². The molecule has 0 spiro atoms. The molecule has 2 N–H and O–H groups in total. The maximum Gasteiger partial charge on any atom is 3.00 e. The van der Waals surface area contributed by atoms with Crippen LogP contribution in [0.15, 0.2) is 29.2 Å². The van der Waals surface area contributed by atoms with Crippen molar-refractivity contribution in [3.05, 3.63) is 79.7 Å². The van der Waals surface area contributed by atoms with Crippen LogP contribution in [0.4, 0.5) is 0 Å². The minimum atomic E-state index is -3.58. The van der Waals surface area contributed by atoms with Crippen molar-refractivity contribution in [1.82, 2.24) is 4.72 Å². The van der Waals surface area contributed by atoms with Crippen LogP contribution in [0, 0.1) is 51.5 Å². The zero-order valence-corrected chi connectivity index (χ0v) is 21.0. The van der Waals surface area contributed by atoms with Crippen molar-refractivity contribution in [2.75, 3.05) is 6.54 Å². The fraction of sp³-hybridized carbons (Fsp3) is 0.333. The number of aryl methyl sites for hydroxylation is 1. The molecule has 2 rings (SSSR count). The molecule has 1 heterocycles. The number of nitrogens with zero attached hydrogens (tertiary/aromatic N) is 1. The summed E-state index contributed by atoms with van der Waals surface area (Å²) in [4.78, 5) is 0.214. The van der Waals surface area contributed by atoms with Gasteiger partial charge in [-0.15, -0.1) is 6.54 Å². The fourth-order valence-corrected chi connectivity index (χ4v) is 3.18. The minimum absolute atomic E-state index is 0. The molecule has 0 amide bonds. The number of sulfonamides is 1. The molecular weight excluding hydrogens is 530 g/mol. The molecule has 0 aliphatic carbocycles. The molecule has 1 aliphatic heterocycles. The normalized spacial score (nSPS) is 17.3. The van der Waals surface area contributed by atoms with E-state index in [1.54, 1.807) is 24.3 Å². The van der Waals surface area contributed by atoms with Crippen LogP contribution in [0.5, 0.6) is 0 Å². The van der Waals surface area contributed by atoms with Crippen molar-refractivity contribution in [1.29, 1.82) is 0 Å². The number of aliphatic hydroxyl groups is 1. The number of hydrogen-bond donors (Lipinski definition) is 2. The van der Waals surface area contributed by atoms with Gasteiger partial charge in [-0.05, 0) is 31.7 Å². The zero-order valence-electron chi connectivity index (χ0n) is 16.9. The third kappa shape index (κ3) is 12.6. The van der Waals surface area contributed by atoms with Crippen LogP contribution >= 0.6 is 0 Å². The molecule has 0 aromatic heterocycles. The summed E-state index contributed by atoms with van der Waals surface area (Å²) in [7, 11) is -3.58. The maximum atomic E-state index is 12.1. The van der Waals surface area contributed by atoms with E-state index in [1.165, 1.54) is 0 Å². The van der Waals surface area contributed by atoms with Crippen molar-refractivity contribution in [3.63, 3.8) is 0 Å². The number of piperidine rings is 1. The van der Waals surface area contributed by atoms with Crippen molar-refractivity contribution in [2.24, 2.45) is 0 Å². The third-order valence-electron chi connectivity index (χ3n) is 2.99. The Kier molecular flexibility index (Phi) is 34.8. The second-order valence-electron chi connectivity index (χ2n) is 4.50. The minimum Gasteiger partial charge on any atom is -0.635 e. The van der Waals surface area contributed by atoms with Gasteiger partial charge in [-0.3, -0.25) is 0 Å². The number of benzene rings is 1. The van der Waals surface area contributed by atoms with Gasteiger partial charge in [0, 0.05) is 25.5 Å². The predicted octanol–water partition coefficient (Wildman–Crippen LogP) is 3.82. The molecule has 1 unspecified atom stereocenters. The third-order valence-corrected chi connectivity index (χ3v) is 4.49. The summed E-state index contributed by atoms with van der Waals surface area (Å²) in [6.07, 6.45) is 0.451. The molecule has 1 saturated heterocycles. The van der Waals surface area contributed by atoms with Crippen LogP contribution in [0.25, 0.3) is 5.32 Å². The Morgan fingerprint density at radius 2 is 1.50 bits per heavy atom. The van der Waals surface area contributed by atoms with Gasteiger partial charge in [-0.1, -0.05) is 24.1 Å². The summed E-state index contributed by atoms with van der Waals surface area (Å²) in [6, 6.07) is 6.09. The standard InChI is InChI=1S/C12H17N2O3S.6CH3.2Rh/c1-9-4-6-10(7-5-9)18(16,17)14-11-3-2-8-13-12(11)15;;;;;;;;/h4-7,11-12,14-15H,2-3,8H2,1H3;6*1H3;;/q7*-1;;+3/t11-,12?;;;;;;;;/m1......../s1. The Bertz CT molecular complexity index is 512. The van der Waals surface area contributed by atoms with E-state index in [0.717, 1.165) is 12.0 Å². The monoisotopic (exact) mass is 565 g/mol. The van der Waals surface area contributed by atoms with Gasteiger partial charge < -0.3 is 55.0 Å². The van der Waals surface area contributed by atoms with Gasteiger partial charge in [0.25, 0.3) is 0 Å². The van der Waals surface area contributed by atoms with Gasteiger partial charge >= 0.3 is 19.5 Å². The topological polar surface area (TPSA) is 80.5 Å². The molecule has 1 aromatic rings.